The van der Waals surface area contributed by atoms with Crippen molar-refractivity contribution in [2.75, 3.05) is 31.6 Å². The van der Waals surface area contributed by atoms with Gasteiger partial charge in [0.15, 0.2) is 0 Å². The molecular formula is C16H25FN2O2. The number of aliphatic hydroxyl groups excluding tert-OH is 1. The average Bonchev–Trinajstić information content (AvgIpc) is 2.48. The van der Waals surface area contributed by atoms with Crippen LogP contribution in [0.15, 0.2) is 12.1 Å². The van der Waals surface area contributed by atoms with E-state index in [1.54, 1.807) is 13.0 Å². The first-order valence-corrected chi connectivity index (χ1v) is 7.44. The van der Waals surface area contributed by atoms with Gasteiger partial charge in [0.25, 0.3) is 0 Å². The molecule has 0 bridgehead atoms. The van der Waals surface area contributed by atoms with E-state index in [2.05, 4.69) is 10.2 Å². The van der Waals surface area contributed by atoms with Crippen LogP contribution in [0.5, 0.6) is 0 Å². The Labute approximate surface area is 125 Å². The molecule has 5 heteroatoms. The fraction of sp³-hybridized carbons (Fsp3) is 0.625. The Morgan fingerprint density at radius 1 is 1.48 bits per heavy atom. The molecule has 1 aromatic rings. The van der Waals surface area contributed by atoms with E-state index < -0.39 is 0 Å². The Balaban J connectivity index is 2.39. The molecule has 118 valence electrons. The Morgan fingerprint density at radius 3 is 2.81 bits per heavy atom. The van der Waals surface area contributed by atoms with E-state index in [1.807, 2.05) is 27.0 Å². The third kappa shape index (κ3) is 3.54. The van der Waals surface area contributed by atoms with Crippen LogP contribution in [0.1, 0.15) is 31.0 Å². The second-order valence-corrected chi connectivity index (χ2v) is 5.83. The van der Waals surface area contributed by atoms with Crippen LogP contribution in [0.2, 0.25) is 0 Å². The predicted molar refractivity (Wildman–Crippen MR) is 82.2 cm³/mol. The first-order chi connectivity index (χ1) is 9.96. The van der Waals surface area contributed by atoms with Crippen molar-refractivity contribution in [3.63, 3.8) is 0 Å². The highest BCUT2D eigenvalue weighted by molar-refractivity contribution is 5.57. The van der Waals surface area contributed by atoms with E-state index in [9.17, 15) is 9.50 Å². The fourth-order valence-electron chi connectivity index (χ4n) is 2.80. The minimum Gasteiger partial charge on any atom is -0.394 e. The summed E-state index contributed by atoms with van der Waals surface area (Å²) < 4.78 is 19.6. The molecule has 0 amide bonds. The van der Waals surface area contributed by atoms with Crippen molar-refractivity contribution in [2.24, 2.45) is 0 Å². The molecule has 0 saturated carbocycles. The lowest BCUT2D eigenvalue weighted by Gasteiger charge is -2.39. The highest BCUT2D eigenvalue weighted by atomic mass is 19.1. The smallest absolute Gasteiger partial charge is 0.126 e. The molecule has 1 saturated heterocycles. The van der Waals surface area contributed by atoms with Crippen molar-refractivity contribution in [3.05, 3.63) is 29.1 Å². The molecule has 0 radical (unpaired) electrons. The standard InChI is InChI=1S/C16H25FN2O2/c1-10-5-16(14(6-15(10)17)12(3)18-4)19-7-11(2)21-13(8-19)9-20/h5-6,11-13,18,20H,7-9H2,1-4H3. The Morgan fingerprint density at radius 2 is 2.19 bits per heavy atom. The molecule has 2 rings (SSSR count). The van der Waals surface area contributed by atoms with Gasteiger partial charge in [-0.2, -0.15) is 0 Å². The van der Waals surface area contributed by atoms with Gasteiger partial charge in [-0.15, -0.1) is 0 Å². The van der Waals surface area contributed by atoms with E-state index in [-0.39, 0.29) is 30.7 Å². The van der Waals surface area contributed by atoms with Crippen molar-refractivity contribution in [3.8, 4) is 0 Å². The summed E-state index contributed by atoms with van der Waals surface area (Å²) in [6.07, 6.45) is -0.157. The molecular weight excluding hydrogens is 271 g/mol. The number of anilines is 1. The number of rotatable bonds is 4. The third-order valence-corrected chi connectivity index (χ3v) is 4.08. The van der Waals surface area contributed by atoms with Gasteiger partial charge in [0.1, 0.15) is 5.82 Å². The Kier molecular flexibility index (Phi) is 5.19. The highest BCUT2D eigenvalue weighted by Crippen LogP contribution is 2.31. The van der Waals surface area contributed by atoms with Crippen LogP contribution in [0.4, 0.5) is 10.1 Å². The summed E-state index contributed by atoms with van der Waals surface area (Å²) in [6.45, 7) is 7.14. The number of hydrogen-bond acceptors (Lipinski definition) is 4. The molecule has 3 unspecified atom stereocenters. The van der Waals surface area contributed by atoms with E-state index in [4.69, 9.17) is 4.74 Å². The lowest BCUT2D eigenvalue weighted by molar-refractivity contribution is -0.0421. The number of morpholine rings is 1. The summed E-state index contributed by atoms with van der Waals surface area (Å²) in [6, 6.07) is 3.56. The summed E-state index contributed by atoms with van der Waals surface area (Å²) in [5.74, 6) is -0.184. The van der Waals surface area contributed by atoms with Gasteiger partial charge in [0.05, 0.1) is 18.8 Å². The minimum atomic E-state index is -0.197. The maximum Gasteiger partial charge on any atom is 0.126 e. The molecule has 2 N–H and O–H groups in total. The van der Waals surface area contributed by atoms with E-state index >= 15 is 0 Å². The van der Waals surface area contributed by atoms with Gasteiger partial charge < -0.3 is 20.1 Å². The lowest BCUT2D eigenvalue weighted by atomic mass is 10.0. The van der Waals surface area contributed by atoms with Gasteiger partial charge in [-0.05, 0) is 51.1 Å². The Bertz CT molecular complexity index is 495. The zero-order chi connectivity index (χ0) is 15.6. The van der Waals surface area contributed by atoms with Crippen molar-refractivity contribution < 1.29 is 14.2 Å². The molecule has 0 aromatic heterocycles. The summed E-state index contributed by atoms with van der Waals surface area (Å²) in [5.41, 5.74) is 2.59. The zero-order valence-electron chi connectivity index (χ0n) is 13.2. The van der Waals surface area contributed by atoms with Crippen LogP contribution < -0.4 is 10.2 Å². The number of aliphatic hydroxyl groups is 1. The molecule has 1 aliphatic rings. The van der Waals surface area contributed by atoms with E-state index in [0.29, 0.717) is 12.1 Å². The SMILES string of the molecule is CNC(C)c1cc(F)c(C)cc1N1CC(C)OC(CO)C1. The second kappa shape index (κ2) is 6.73. The van der Waals surface area contributed by atoms with Crippen molar-refractivity contribution in [1.29, 1.82) is 0 Å². The summed E-state index contributed by atoms with van der Waals surface area (Å²) in [7, 11) is 1.87. The van der Waals surface area contributed by atoms with E-state index in [0.717, 1.165) is 17.8 Å². The first kappa shape index (κ1) is 16.2. The lowest BCUT2D eigenvalue weighted by Crippen LogP contribution is -2.48. The number of halogens is 1. The number of nitrogens with zero attached hydrogens (tertiary/aromatic N) is 1. The largest absolute Gasteiger partial charge is 0.394 e. The third-order valence-electron chi connectivity index (χ3n) is 4.08. The van der Waals surface area contributed by atoms with Gasteiger partial charge in [0.2, 0.25) is 0 Å². The first-order valence-electron chi connectivity index (χ1n) is 7.44. The normalized spacial score (nSPS) is 24.2. The molecule has 1 aliphatic heterocycles. The molecule has 3 atom stereocenters. The van der Waals surface area contributed by atoms with Crippen LogP contribution in [-0.4, -0.2) is 44.1 Å². The molecule has 0 aliphatic carbocycles. The quantitative estimate of drug-likeness (QED) is 0.892. The fourth-order valence-corrected chi connectivity index (χ4v) is 2.80. The number of aryl methyl sites for hydroxylation is 1. The molecule has 1 aromatic carbocycles. The van der Waals surface area contributed by atoms with Crippen LogP contribution in [0, 0.1) is 12.7 Å². The summed E-state index contributed by atoms with van der Waals surface area (Å²) >= 11 is 0. The van der Waals surface area contributed by atoms with Gasteiger partial charge in [-0.25, -0.2) is 4.39 Å². The van der Waals surface area contributed by atoms with E-state index in [1.165, 1.54) is 0 Å². The average molecular weight is 296 g/mol. The summed E-state index contributed by atoms with van der Waals surface area (Å²) in [5, 5.41) is 12.5. The molecule has 4 nitrogen and oxygen atoms in total. The maximum atomic E-state index is 13.9. The van der Waals surface area contributed by atoms with Crippen molar-refractivity contribution in [1.82, 2.24) is 5.32 Å². The van der Waals surface area contributed by atoms with Crippen LogP contribution in [0.25, 0.3) is 0 Å². The molecule has 21 heavy (non-hydrogen) atoms. The van der Waals surface area contributed by atoms with Gasteiger partial charge >= 0.3 is 0 Å². The monoisotopic (exact) mass is 296 g/mol. The number of nitrogens with one attached hydrogen (secondary N) is 1. The zero-order valence-corrected chi connectivity index (χ0v) is 13.2. The topological polar surface area (TPSA) is 44.7 Å². The molecule has 0 spiro atoms. The predicted octanol–water partition coefficient (Wildman–Crippen LogP) is 2.00. The van der Waals surface area contributed by atoms with Gasteiger partial charge in [-0.3, -0.25) is 0 Å². The van der Waals surface area contributed by atoms with Crippen molar-refractivity contribution >= 4 is 5.69 Å². The van der Waals surface area contributed by atoms with Gasteiger partial charge in [-0.1, -0.05) is 0 Å². The minimum absolute atomic E-state index is 0.00205. The van der Waals surface area contributed by atoms with Crippen LogP contribution >= 0.6 is 0 Å². The summed E-state index contributed by atoms with van der Waals surface area (Å²) in [4.78, 5) is 2.19. The second-order valence-electron chi connectivity index (χ2n) is 5.83. The number of benzene rings is 1. The molecule has 1 heterocycles. The Hall–Kier alpha value is -1.17. The molecule has 1 fully saturated rings. The van der Waals surface area contributed by atoms with Gasteiger partial charge in [0, 0.05) is 24.8 Å². The highest BCUT2D eigenvalue weighted by Gasteiger charge is 2.27. The maximum absolute atomic E-state index is 13.9. The van der Waals surface area contributed by atoms with Crippen LogP contribution in [0.3, 0.4) is 0 Å². The number of hydrogen-bond donors (Lipinski definition) is 2. The number of ether oxygens (including phenoxy) is 1. The van der Waals surface area contributed by atoms with Crippen molar-refractivity contribution in [2.45, 2.75) is 39.0 Å². The van der Waals surface area contributed by atoms with Crippen LogP contribution in [-0.2, 0) is 4.74 Å².